The van der Waals surface area contributed by atoms with Gasteiger partial charge in [-0.15, -0.1) is 12.4 Å². The third kappa shape index (κ3) is 5.51. The van der Waals surface area contributed by atoms with E-state index >= 15 is 0 Å². The number of nitrogens with zero attached hydrogens (tertiary/aromatic N) is 4. The van der Waals surface area contributed by atoms with E-state index in [-0.39, 0.29) is 36.4 Å². The molecule has 0 radical (unpaired) electrons. The largest absolute Gasteiger partial charge is 0.377 e. The van der Waals surface area contributed by atoms with E-state index in [1.165, 1.54) is 0 Å². The summed E-state index contributed by atoms with van der Waals surface area (Å²) in [6.07, 6.45) is 4.00. The molecule has 3 N–H and O–H groups in total. The van der Waals surface area contributed by atoms with Gasteiger partial charge in [-0.05, 0) is 51.3 Å². The van der Waals surface area contributed by atoms with Crippen molar-refractivity contribution in [3.8, 4) is 11.3 Å². The second-order valence-electron chi connectivity index (χ2n) is 10.2. The summed E-state index contributed by atoms with van der Waals surface area (Å²) >= 11 is 0. The number of anilines is 2. The quantitative estimate of drug-likeness (QED) is 0.548. The zero-order valence-corrected chi connectivity index (χ0v) is 21.9. The minimum atomic E-state index is -0.175. The van der Waals surface area contributed by atoms with Crippen molar-refractivity contribution in [1.82, 2.24) is 25.5 Å². The first-order chi connectivity index (χ1) is 17.5. The van der Waals surface area contributed by atoms with Crippen molar-refractivity contribution in [3.63, 3.8) is 0 Å². The van der Waals surface area contributed by atoms with E-state index in [4.69, 9.17) is 14.7 Å². The molecule has 4 heterocycles. The molecule has 2 aromatic rings. The second kappa shape index (κ2) is 10.8. The number of hydrogen-bond donors (Lipinski definition) is 3. The van der Waals surface area contributed by atoms with Crippen molar-refractivity contribution in [3.05, 3.63) is 35.5 Å². The number of aromatic nitrogens is 2. The summed E-state index contributed by atoms with van der Waals surface area (Å²) in [5.74, 6) is 0.817. The third-order valence-electron chi connectivity index (χ3n) is 7.39. The van der Waals surface area contributed by atoms with Crippen LogP contribution in [0.25, 0.3) is 11.3 Å². The number of urea groups is 1. The van der Waals surface area contributed by atoms with Crippen molar-refractivity contribution in [2.24, 2.45) is 0 Å². The van der Waals surface area contributed by atoms with E-state index in [1.54, 1.807) is 0 Å². The molecule has 37 heavy (non-hydrogen) atoms. The van der Waals surface area contributed by atoms with Crippen LogP contribution in [0.1, 0.15) is 43.9 Å². The van der Waals surface area contributed by atoms with Crippen molar-refractivity contribution in [2.75, 3.05) is 36.5 Å². The Bertz CT molecular complexity index is 1150. The molecule has 10 nitrogen and oxygen atoms in total. The first-order valence-corrected chi connectivity index (χ1v) is 13.0. The van der Waals surface area contributed by atoms with Crippen LogP contribution in [0.5, 0.6) is 0 Å². The van der Waals surface area contributed by atoms with Crippen LogP contribution >= 0.6 is 12.4 Å². The average Bonchev–Trinajstić information content (AvgIpc) is 3.34. The Labute approximate surface area is 223 Å². The van der Waals surface area contributed by atoms with Gasteiger partial charge in [0.2, 0.25) is 11.9 Å². The zero-order valence-electron chi connectivity index (χ0n) is 21.0. The van der Waals surface area contributed by atoms with E-state index in [0.29, 0.717) is 38.3 Å². The van der Waals surface area contributed by atoms with Crippen molar-refractivity contribution >= 4 is 36.0 Å². The number of benzene rings is 1. The topological polar surface area (TPSA) is 112 Å². The number of fused-ring (bicyclic) bond motifs is 1. The number of nitrogens with one attached hydrogen (secondary N) is 3. The van der Waals surface area contributed by atoms with Gasteiger partial charge in [0.15, 0.2) is 0 Å². The maximum Gasteiger partial charge on any atom is 0.319 e. The second-order valence-corrected chi connectivity index (χ2v) is 10.2. The molecule has 1 saturated carbocycles. The summed E-state index contributed by atoms with van der Waals surface area (Å²) in [6.45, 7) is 6.01. The smallest absolute Gasteiger partial charge is 0.319 e. The lowest BCUT2D eigenvalue weighted by molar-refractivity contribution is -0.133. The molecule has 3 aliphatic heterocycles. The minimum Gasteiger partial charge on any atom is -0.377 e. The Morgan fingerprint density at radius 3 is 2.62 bits per heavy atom. The Morgan fingerprint density at radius 1 is 1.11 bits per heavy atom. The van der Waals surface area contributed by atoms with E-state index in [9.17, 15) is 9.59 Å². The molecule has 2 atom stereocenters. The van der Waals surface area contributed by atoms with Gasteiger partial charge < -0.3 is 30.5 Å². The fourth-order valence-corrected chi connectivity index (χ4v) is 5.20. The predicted octanol–water partition coefficient (Wildman–Crippen LogP) is 2.67. The van der Waals surface area contributed by atoms with Gasteiger partial charge in [-0.25, -0.2) is 14.8 Å². The summed E-state index contributed by atoms with van der Waals surface area (Å²) in [6, 6.07) is 7.94. The van der Waals surface area contributed by atoms with Gasteiger partial charge >= 0.3 is 6.03 Å². The lowest BCUT2D eigenvalue weighted by Gasteiger charge is -2.33. The van der Waals surface area contributed by atoms with Gasteiger partial charge in [0.1, 0.15) is 0 Å². The lowest BCUT2D eigenvalue weighted by atomic mass is 10.1. The fraction of sp³-hybridized carbons (Fsp3) is 0.538. The van der Waals surface area contributed by atoms with Crippen LogP contribution in [0.3, 0.4) is 0 Å². The standard InChI is InChI=1S/C26H33N7O3.ClH/c1-16-15-36-12-11-33(16)25-30-22-14-32(24(34)21-3-2-10-27-21)13-20(22)23(31-25)17-4-6-18(7-5-17)28-26(35)29-19-8-9-19;/h4-7,16,19,21,27H,2-3,8-15H2,1H3,(H2,28,29,35);1H/t16-,21?;/m0./s1. The molecular weight excluding hydrogens is 494 g/mol. The van der Waals surface area contributed by atoms with Gasteiger partial charge in [0, 0.05) is 29.4 Å². The molecule has 1 aromatic carbocycles. The number of halogens is 1. The van der Waals surface area contributed by atoms with E-state index in [0.717, 1.165) is 67.0 Å². The number of carbonyl (C=O) groups excluding carboxylic acids is 2. The number of ether oxygens (including phenoxy) is 1. The number of amides is 3. The number of carbonyl (C=O) groups is 2. The van der Waals surface area contributed by atoms with Crippen molar-refractivity contribution in [1.29, 1.82) is 0 Å². The van der Waals surface area contributed by atoms with Crippen LogP contribution in [-0.4, -0.2) is 71.2 Å². The Morgan fingerprint density at radius 2 is 1.92 bits per heavy atom. The first-order valence-electron chi connectivity index (χ1n) is 13.0. The fourth-order valence-electron chi connectivity index (χ4n) is 5.20. The van der Waals surface area contributed by atoms with Gasteiger partial charge in [-0.1, -0.05) is 12.1 Å². The molecule has 3 amide bonds. The first kappa shape index (κ1) is 25.7. The van der Waals surface area contributed by atoms with Crippen molar-refractivity contribution < 1.29 is 14.3 Å². The van der Waals surface area contributed by atoms with Gasteiger partial charge in [0.25, 0.3) is 0 Å². The molecule has 1 aromatic heterocycles. The molecule has 11 heteroatoms. The summed E-state index contributed by atoms with van der Waals surface area (Å²) in [4.78, 5) is 39.4. The van der Waals surface area contributed by atoms with Crippen LogP contribution in [0, 0.1) is 0 Å². The van der Waals surface area contributed by atoms with Crippen LogP contribution in [-0.2, 0) is 22.6 Å². The predicted molar refractivity (Wildman–Crippen MR) is 143 cm³/mol. The number of hydrogen-bond acceptors (Lipinski definition) is 7. The molecule has 4 aliphatic rings. The van der Waals surface area contributed by atoms with E-state index in [2.05, 4.69) is 27.8 Å². The maximum absolute atomic E-state index is 13.2. The number of morpholine rings is 1. The van der Waals surface area contributed by atoms with Crippen LogP contribution in [0.15, 0.2) is 24.3 Å². The highest BCUT2D eigenvalue weighted by Crippen LogP contribution is 2.34. The van der Waals surface area contributed by atoms with Crippen molar-refractivity contribution in [2.45, 2.75) is 63.8 Å². The lowest BCUT2D eigenvalue weighted by Crippen LogP contribution is -2.44. The minimum absolute atomic E-state index is 0. The molecular formula is C26H34ClN7O3. The van der Waals surface area contributed by atoms with Gasteiger partial charge in [-0.3, -0.25) is 4.79 Å². The molecule has 3 fully saturated rings. The molecule has 0 bridgehead atoms. The van der Waals surface area contributed by atoms with Crippen LogP contribution in [0.4, 0.5) is 16.4 Å². The molecule has 2 saturated heterocycles. The third-order valence-corrected chi connectivity index (χ3v) is 7.39. The normalized spacial score (nSPS) is 22.8. The summed E-state index contributed by atoms with van der Waals surface area (Å²) < 4.78 is 5.62. The molecule has 1 unspecified atom stereocenters. The maximum atomic E-state index is 13.2. The Hall–Kier alpha value is -2.95. The average molecular weight is 528 g/mol. The summed E-state index contributed by atoms with van der Waals surface area (Å²) in [5, 5.41) is 9.17. The zero-order chi connectivity index (χ0) is 24.6. The monoisotopic (exact) mass is 527 g/mol. The van der Waals surface area contributed by atoms with E-state index < -0.39 is 0 Å². The molecule has 0 spiro atoms. The van der Waals surface area contributed by atoms with Gasteiger partial charge in [-0.2, -0.15) is 0 Å². The highest BCUT2D eigenvalue weighted by atomic mass is 35.5. The summed E-state index contributed by atoms with van der Waals surface area (Å²) in [7, 11) is 0. The SMILES string of the molecule is C[C@H]1COCCN1c1nc2c(c(-c3ccc(NC(=O)NC4CC4)cc3)n1)CN(C(=O)C1CCCN1)C2.Cl. The Kier molecular flexibility index (Phi) is 7.50. The van der Waals surface area contributed by atoms with Crippen LogP contribution < -0.4 is 20.9 Å². The molecule has 6 rings (SSSR count). The highest BCUT2D eigenvalue weighted by molar-refractivity contribution is 5.90. The molecule has 198 valence electrons. The molecule has 1 aliphatic carbocycles. The van der Waals surface area contributed by atoms with Gasteiger partial charge in [0.05, 0.1) is 49.8 Å². The summed E-state index contributed by atoms with van der Waals surface area (Å²) in [5.41, 5.74) is 4.42. The van der Waals surface area contributed by atoms with Crippen LogP contribution in [0.2, 0.25) is 0 Å². The number of rotatable bonds is 5. The van der Waals surface area contributed by atoms with E-state index in [1.807, 2.05) is 29.2 Å². The highest BCUT2D eigenvalue weighted by Gasteiger charge is 2.34. The Balaban J connectivity index is 0.00000280.